The number of carbonyl (C=O) groups excluding carboxylic acids is 1. The van der Waals surface area contributed by atoms with Crippen LogP contribution >= 0.6 is 0 Å². The van der Waals surface area contributed by atoms with Crippen LogP contribution in [0.5, 0.6) is 0 Å². The maximum absolute atomic E-state index is 11.5. The third-order valence-corrected chi connectivity index (χ3v) is 3.01. The number of nitrogens with one attached hydrogen (secondary N) is 2. The molecule has 0 aliphatic carbocycles. The van der Waals surface area contributed by atoms with E-state index in [1.165, 1.54) is 11.1 Å². The SMILES string of the molecule is Cc1ccccc1CCNC(=O)NCCCN(C)C. The fraction of sp³-hybridized carbons (Fsp3) is 0.533. The third-order valence-electron chi connectivity index (χ3n) is 3.01. The molecule has 0 aliphatic heterocycles. The lowest BCUT2D eigenvalue weighted by molar-refractivity contribution is 0.240. The van der Waals surface area contributed by atoms with E-state index in [1.54, 1.807) is 0 Å². The molecule has 0 spiro atoms. The van der Waals surface area contributed by atoms with Crippen LogP contribution in [-0.2, 0) is 6.42 Å². The van der Waals surface area contributed by atoms with Crippen LogP contribution in [0.4, 0.5) is 4.79 Å². The normalized spacial score (nSPS) is 10.5. The molecule has 4 heteroatoms. The van der Waals surface area contributed by atoms with E-state index in [1.807, 2.05) is 26.2 Å². The number of rotatable bonds is 7. The molecule has 2 N–H and O–H groups in total. The van der Waals surface area contributed by atoms with Crippen molar-refractivity contribution in [2.24, 2.45) is 0 Å². The van der Waals surface area contributed by atoms with Gasteiger partial charge in [0.05, 0.1) is 0 Å². The Bertz CT molecular complexity index is 391. The van der Waals surface area contributed by atoms with E-state index in [0.717, 1.165) is 19.4 Å². The van der Waals surface area contributed by atoms with E-state index in [4.69, 9.17) is 0 Å². The zero-order chi connectivity index (χ0) is 14.1. The Morgan fingerprint density at radius 1 is 1.16 bits per heavy atom. The third kappa shape index (κ3) is 6.82. The highest BCUT2D eigenvalue weighted by molar-refractivity contribution is 5.73. The summed E-state index contributed by atoms with van der Waals surface area (Å²) in [5.41, 5.74) is 2.56. The number of urea groups is 1. The number of hydrogen-bond acceptors (Lipinski definition) is 2. The van der Waals surface area contributed by atoms with Crippen LogP contribution in [0.1, 0.15) is 17.5 Å². The summed E-state index contributed by atoms with van der Waals surface area (Å²) in [4.78, 5) is 13.6. The van der Waals surface area contributed by atoms with Gasteiger partial charge in [0.15, 0.2) is 0 Å². The van der Waals surface area contributed by atoms with Crippen LogP contribution in [0.25, 0.3) is 0 Å². The summed E-state index contributed by atoms with van der Waals surface area (Å²) in [5.74, 6) is 0. The lowest BCUT2D eigenvalue weighted by Crippen LogP contribution is -2.37. The van der Waals surface area contributed by atoms with Crippen molar-refractivity contribution in [1.29, 1.82) is 0 Å². The first kappa shape index (κ1) is 15.5. The maximum atomic E-state index is 11.5. The van der Waals surface area contributed by atoms with Gasteiger partial charge in [0.1, 0.15) is 0 Å². The zero-order valence-corrected chi connectivity index (χ0v) is 12.2. The predicted molar refractivity (Wildman–Crippen MR) is 79.5 cm³/mol. The average Bonchev–Trinajstić information content (AvgIpc) is 2.37. The van der Waals surface area contributed by atoms with E-state index in [0.29, 0.717) is 13.1 Å². The quantitative estimate of drug-likeness (QED) is 0.737. The van der Waals surface area contributed by atoms with Crippen molar-refractivity contribution in [1.82, 2.24) is 15.5 Å². The Labute approximate surface area is 116 Å². The van der Waals surface area contributed by atoms with Crippen LogP contribution in [0.3, 0.4) is 0 Å². The van der Waals surface area contributed by atoms with Crippen LogP contribution in [0.15, 0.2) is 24.3 Å². The highest BCUT2D eigenvalue weighted by atomic mass is 16.2. The van der Waals surface area contributed by atoms with E-state index < -0.39 is 0 Å². The molecule has 0 saturated heterocycles. The smallest absolute Gasteiger partial charge is 0.314 e. The molecule has 106 valence electrons. The van der Waals surface area contributed by atoms with Gasteiger partial charge in [-0.15, -0.1) is 0 Å². The number of amides is 2. The van der Waals surface area contributed by atoms with Crippen LogP contribution in [0.2, 0.25) is 0 Å². The average molecular weight is 263 g/mol. The van der Waals surface area contributed by atoms with Gasteiger partial charge in [-0.05, 0) is 51.5 Å². The van der Waals surface area contributed by atoms with Crippen molar-refractivity contribution >= 4 is 6.03 Å². The summed E-state index contributed by atoms with van der Waals surface area (Å²) >= 11 is 0. The standard InChI is InChI=1S/C15H25N3O/c1-13-7-4-5-8-14(13)9-11-17-15(19)16-10-6-12-18(2)3/h4-5,7-8H,6,9-12H2,1-3H3,(H2,16,17,19). The van der Waals surface area contributed by atoms with Crippen molar-refractivity contribution in [3.05, 3.63) is 35.4 Å². The van der Waals surface area contributed by atoms with Crippen molar-refractivity contribution in [3.8, 4) is 0 Å². The first-order chi connectivity index (χ1) is 9.09. The first-order valence-corrected chi connectivity index (χ1v) is 6.80. The van der Waals surface area contributed by atoms with Crippen molar-refractivity contribution in [3.63, 3.8) is 0 Å². The van der Waals surface area contributed by atoms with Crippen molar-refractivity contribution in [2.75, 3.05) is 33.7 Å². The van der Waals surface area contributed by atoms with Gasteiger partial charge >= 0.3 is 6.03 Å². The minimum absolute atomic E-state index is 0.0765. The summed E-state index contributed by atoms with van der Waals surface area (Å²) in [6.45, 7) is 4.47. The summed E-state index contributed by atoms with van der Waals surface area (Å²) in [6.07, 6.45) is 1.84. The number of carbonyl (C=O) groups is 1. The van der Waals surface area contributed by atoms with E-state index in [9.17, 15) is 4.79 Å². The minimum Gasteiger partial charge on any atom is -0.338 e. The van der Waals surface area contributed by atoms with Gasteiger partial charge in [0, 0.05) is 13.1 Å². The minimum atomic E-state index is -0.0765. The molecule has 0 bridgehead atoms. The van der Waals surface area contributed by atoms with Gasteiger partial charge in [0.25, 0.3) is 0 Å². The second-order valence-electron chi connectivity index (χ2n) is 5.02. The topological polar surface area (TPSA) is 44.4 Å². The van der Waals surface area contributed by atoms with Crippen LogP contribution < -0.4 is 10.6 Å². The highest BCUT2D eigenvalue weighted by Crippen LogP contribution is 2.06. The molecule has 0 unspecified atom stereocenters. The molecule has 0 saturated carbocycles. The highest BCUT2D eigenvalue weighted by Gasteiger charge is 2.01. The number of nitrogens with zero attached hydrogens (tertiary/aromatic N) is 1. The number of benzene rings is 1. The lowest BCUT2D eigenvalue weighted by Gasteiger charge is -2.11. The molecule has 0 heterocycles. The first-order valence-electron chi connectivity index (χ1n) is 6.80. The summed E-state index contributed by atoms with van der Waals surface area (Å²) in [7, 11) is 4.06. The molecule has 0 aliphatic rings. The molecule has 0 aromatic heterocycles. The summed E-state index contributed by atoms with van der Waals surface area (Å²) in [6, 6.07) is 8.18. The fourth-order valence-electron chi connectivity index (χ4n) is 1.86. The Morgan fingerprint density at radius 2 is 1.84 bits per heavy atom. The maximum Gasteiger partial charge on any atom is 0.314 e. The van der Waals surface area contributed by atoms with Gasteiger partial charge in [-0.3, -0.25) is 0 Å². The zero-order valence-electron chi connectivity index (χ0n) is 12.2. The van der Waals surface area contributed by atoms with Crippen molar-refractivity contribution in [2.45, 2.75) is 19.8 Å². The molecule has 1 rings (SSSR count). The van der Waals surface area contributed by atoms with Gasteiger partial charge in [-0.2, -0.15) is 0 Å². The van der Waals surface area contributed by atoms with E-state index in [2.05, 4.69) is 34.6 Å². The molecule has 2 amide bonds. The molecule has 1 aromatic rings. The second-order valence-corrected chi connectivity index (χ2v) is 5.02. The van der Waals surface area contributed by atoms with Crippen LogP contribution in [0, 0.1) is 6.92 Å². The molecule has 0 fully saturated rings. The Hall–Kier alpha value is -1.55. The molecular formula is C15H25N3O. The molecular weight excluding hydrogens is 238 g/mol. The largest absolute Gasteiger partial charge is 0.338 e. The van der Waals surface area contributed by atoms with Gasteiger partial charge < -0.3 is 15.5 Å². The van der Waals surface area contributed by atoms with E-state index >= 15 is 0 Å². The molecule has 19 heavy (non-hydrogen) atoms. The number of hydrogen-bond donors (Lipinski definition) is 2. The van der Waals surface area contributed by atoms with Gasteiger partial charge in [-0.25, -0.2) is 4.79 Å². The Balaban J connectivity index is 2.12. The van der Waals surface area contributed by atoms with Gasteiger partial charge in [-0.1, -0.05) is 24.3 Å². The Morgan fingerprint density at radius 3 is 2.53 bits per heavy atom. The summed E-state index contributed by atoms with van der Waals surface area (Å²) in [5, 5.41) is 5.75. The number of aryl methyl sites for hydroxylation is 1. The Kier molecular flexibility index (Phi) is 6.97. The predicted octanol–water partition coefficient (Wildman–Crippen LogP) is 1.79. The monoisotopic (exact) mass is 263 g/mol. The van der Waals surface area contributed by atoms with Gasteiger partial charge in [0.2, 0.25) is 0 Å². The van der Waals surface area contributed by atoms with Crippen LogP contribution in [-0.4, -0.2) is 44.7 Å². The van der Waals surface area contributed by atoms with E-state index in [-0.39, 0.29) is 6.03 Å². The fourth-order valence-corrected chi connectivity index (χ4v) is 1.86. The molecule has 4 nitrogen and oxygen atoms in total. The molecule has 0 atom stereocenters. The lowest BCUT2D eigenvalue weighted by atomic mass is 10.1. The second kappa shape index (κ2) is 8.53. The molecule has 0 radical (unpaired) electrons. The molecule has 1 aromatic carbocycles. The van der Waals surface area contributed by atoms with Crippen molar-refractivity contribution < 1.29 is 4.79 Å². The summed E-state index contributed by atoms with van der Waals surface area (Å²) < 4.78 is 0.